The highest BCUT2D eigenvalue weighted by atomic mass is 35.5. The van der Waals surface area contributed by atoms with Gasteiger partial charge < -0.3 is 15.8 Å². The normalized spacial score (nSPS) is 14.5. The van der Waals surface area contributed by atoms with Gasteiger partial charge in [0.15, 0.2) is 0 Å². The average Bonchev–Trinajstić information content (AvgIpc) is 3.12. The minimum absolute atomic E-state index is 0.195. The zero-order valence-corrected chi connectivity index (χ0v) is 10.9. The average molecular weight is 269 g/mol. The fraction of sp³-hybridized carbons (Fsp3) is 0.462. The molecule has 18 heavy (non-hydrogen) atoms. The molecule has 1 aliphatic carbocycles. The Labute approximate surface area is 111 Å². The Bertz CT molecular complexity index is 433. The number of primary amides is 1. The molecule has 0 saturated heterocycles. The van der Waals surface area contributed by atoms with Crippen LogP contribution in [0.5, 0.6) is 5.75 Å². The SMILES string of the molecule is NC(=O)CCOc1c(Cl)cccc1CNC1CC1. The molecule has 0 aliphatic heterocycles. The van der Waals surface area contributed by atoms with Crippen molar-refractivity contribution in [2.24, 2.45) is 5.73 Å². The first-order chi connectivity index (χ1) is 8.66. The van der Waals surface area contributed by atoms with E-state index in [0.29, 0.717) is 16.8 Å². The van der Waals surface area contributed by atoms with Gasteiger partial charge in [-0.1, -0.05) is 23.7 Å². The predicted octanol–water partition coefficient (Wildman–Crippen LogP) is 1.85. The van der Waals surface area contributed by atoms with Crippen molar-refractivity contribution in [2.45, 2.75) is 31.8 Å². The topological polar surface area (TPSA) is 64.4 Å². The van der Waals surface area contributed by atoms with E-state index in [1.165, 1.54) is 12.8 Å². The van der Waals surface area contributed by atoms with E-state index >= 15 is 0 Å². The second-order valence-electron chi connectivity index (χ2n) is 4.45. The maximum absolute atomic E-state index is 10.7. The summed E-state index contributed by atoms with van der Waals surface area (Å²) in [6, 6.07) is 6.28. The highest BCUT2D eigenvalue weighted by molar-refractivity contribution is 6.32. The number of carbonyl (C=O) groups excluding carboxylic acids is 1. The van der Waals surface area contributed by atoms with Gasteiger partial charge in [0.05, 0.1) is 18.1 Å². The van der Waals surface area contributed by atoms with Gasteiger partial charge >= 0.3 is 0 Å². The summed E-state index contributed by atoms with van der Waals surface area (Å²) in [7, 11) is 0. The number of hydrogen-bond acceptors (Lipinski definition) is 3. The molecule has 1 aromatic carbocycles. The highest BCUT2D eigenvalue weighted by Crippen LogP contribution is 2.29. The minimum atomic E-state index is -0.375. The third kappa shape index (κ3) is 3.89. The van der Waals surface area contributed by atoms with E-state index in [9.17, 15) is 4.79 Å². The van der Waals surface area contributed by atoms with E-state index in [1.807, 2.05) is 12.1 Å². The number of carbonyl (C=O) groups is 1. The summed E-state index contributed by atoms with van der Waals surface area (Å²) in [5, 5.41) is 3.97. The first-order valence-corrected chi connectivity index (χ1v) is 6.46. The van der Waals surface area contributed by atoms with Crippen molar-refractivity contribution < 1.29 is 9.53 Å². The number of rotatable bonds is 7. The van der Waals surface area contributed by atoms with Gasteiger partial charge in [0, 0.05) is 18.2 Å². The van der Waals surface area contributed by atoms with Crippen LogP contribution in [-0.4, -0.2) is 18.6 Å². The number of ether oxygens (including phenoxy) is 1. The van der Waals surface area contributed by atoms with Crippen molar-refractivity contribution in [3.63, 3.8) is 0 Å². The molecular weight excluding hydrogens is 252 g/mol. The standard InChI is InChI=1S/C13H17ClN2O2/c14-11-3-1-2-9(8-16-10-4-5-10)13(11)18-7-6-12(15)17/h1-3,10,16H,4-8H2,(H2,15,17). The van der Waals surface area contributed by atoms with Crippen LogP contribution in [0.2, 0.25) is 5.02 Å². The van der Waals surface area contributed by atoms with Crippen LogP contribution >= 0.6 is 11.6 Å². The van der Waals surface area contributed by atoms with Gasteiger partial charge in [-0.25, -0.2) is 0 Å². The summed E-state index contributed by atoms with van der Waals surface area (Å²) in [4.78, 5) is 10.7. The van der Waals surface area contributed by atoms with E-state index in [1.54, 1.807) is 6.07 Å². The van der Waals surface area contributed by atoms with Gasteiger partial charge in [-0.15, -0.1) is 0 Å². The lowest BCUT2D eigenvalue weighted by Crippen LogP contribution is -2.17. The smallest absolute Gasteiger partial charge is 0.220 e. The third-order valence-electron chi connectivity index (χ3n) is 2.80. The molecule has 0 heterocycles. The minimum Gasteiger partial charge on any atom is -0.491 e. The largest absolute Gasteiger partial charge is 0.491 e. The molecule has 0 atom stereocenters. The predicted molar refractivity (Wildman–Crippen MR) is 70.6 cm³/mol. The molecule has 1 aliphatic rings. The van der Waals surface area contributed by atoms with Gasteiger partial charge in [-0.05, 0) is 18.9 Å². The van der Waals surface area contributed by atoms with Crippen LogP contribution in [0.15, 0.2) is 18.2 Å². The number of amides is 1. The van der Waals surface area contributed by atoms with Crippen molar-refractivity contribution in [2.75, 3.05) is 6.61 Å². The third-order valence-corrected chi connectivity index (χ3v) is 3.10. The molecule has 1 amide bonds. The first kappa shape index (κ1) is 13.2. The Kier molecular flexibility index (Phi) is 4.44. The fourth-order valence-electron chi connectivity index (χ4n) is 1.65. The molecule has 5 heteroatoms. The Hall–Kier alpha value is -1.26. The van der Waals surface area contributed by atoms with Crippen molar-refractivity contribution in [1.29, 1.82) is 0 Å². The van der Waals surface area contributed by atoms with E-state index in [2.05, 4.69) is 5.32 Å². The van der Waals surface area contributed by atoms with Crippen LogP contribution in [0.3, 0.4) is 0 Å². The lowest BCUT2D eigenvalue weighted by Gasteiger charge is -2.13. The number of halogens is 1. The van der Waals surface area contributed by atoms with E-state index in [4.69, 9.17) is 22.1 Å². The molecule has 98 valence electrons. The van der Waals surface area contributed by atoms with Crippen LogP contribution in [-0.2, 0) is 11.3 Å². The van der Waals surface area contributed by atoms with E-state index in [-0.39, 0.29) is 18.9 Å². The number of benzene rings is 1. The molecule has 1 saturated carbocycles. The Morgan fingerprint density at radius 1 is 1.50 bits per heavy atom. The van der Waals surface area contributed by atoms with E-state index < -0.39 is 0 Å². The molecule has 3 N–H and O–H groups in total. The Morgan fingerprint density at radius 3 is 2.94 bits per heavy atom. The molecular formula is C13H17ClN2O2. The van der Waals surface area contributed by atoms with Gasteiger partial charge in [0.1, 0.15) is 5.75 Å². The number of para-hydroxylation sites is 1. The molecule has 1 fully saturated rings. The molecule has 4 nitrogen and oxygen atoms in total. The van der Waals surface area contributed by atoms with Gasteiger partial charge in [0.2, 0.25) is 5.91 Å². The number of hydrogen-bond donors (Lipinski definition) is 2. The maximum Gasteiger partial charge on any atom is 0.220 e. The molecule has 0 radical (unpaired) electrons. The summed E-state index contributed by atoms with van der Waals surface area (Å²) < 4.78 is 5.56. The fourth-order valence-corrected chi connectivity index (χ4v) is 1.90. The van der Waals surface area contributed by atoms with Crippen molar-refractivity contribution >= 4 is 17.5 Å². The lowest BCUT2D eigenvalue weighted by molar-refractivity contribution is -0.118. The van der Waals surface area contributed by atoms with Crippen molar-refractivity contribution in [1.82, 2.24) is 5.32 Å². The quantitative estimate of drug-likeness (QED) is 0.793. The first-order valence-electron chi connectivity index (χ1n) is 6.08. The highest BCUT2D eigenvalue weighted by Gasteiger charge is 2.21. The molecule has 2 rings (SSSR count). The summed E-state index contributed by atoms with van der Waals surface area (Å²) in [5.41, 5.74) is 6.09. The second-order valence-corrected chi connectivity index (χ2v) is 4.86. The zero-order valence-electron chi connectivity index (χ0n) is 10.1. The molecule has 0 bridgehead atoms. The monoisotopic (exact) mass is 268 g/mol. The van der Waals surface area contributed by atoms with E-state index in [0.717, 1.165) is 12.1 Å². The van der Waals surface area contributed by atoms with Crippen LogP contribution in [0.25, 0.3) is 0 Å². The molecule has 0 spiro atoms. The van der Waals surface area contributed by atoms with Gasteiger partial charge in [-0.2, -0.15) is 0 Å². The molecule has 1 aromatic rings. The zero-order chi connectivity index (χ0) is 13.0. The summed E-state index contributed by atoms with van der Waals surface area (Å²) in [6.07, 6.45) is 2.66. The van der Waals surface area contributed by atoms with Crippen molar-refractivity contribution in [3.05, 3.63) is 28.8 Å². The number of nitrogens with one attached hydrogen (secondary N) is 1. The number of nitrogens with two attached hydrogens (primary N) is 1. The second kappa shape index (κ2) is 6.07. The molecule has 0 aromatic heterocycles. The van der Waals surface area contributed by atoms with Gasteiger partial charge in [0.25, 0.3) is 0 Å². The lowest BCUT2D eigenvalue weighted by atomic mass is 10.2. The summed E-state index contributed by atoms with van der Waals surface area (Å²) >= 11 is 6.11. The Balaban J connectivity index is 1.97. The molecule has 0 unspecified atom stereocenters. The van der Waals surface area contributed by atoms with Crippen LogP contribution in [0, 0.1) is 0 Å². The van der Waals surface area contributed by atoms with Crippen molar-refractivity contribution in [3.8, 4) is 5.75 Å². The van der Waals surface area contributed by atoms with Crippen LogP contribution < -0.4 is 15.8 Å². The summed E-state index contributed by atoms with van der Waals surface area (Å²) in [5.74, 6) is 0.272. The Morgan fingerprint density at radius 2 is 2.28 bits per heavy atom. The van der Waals surface area contributed by atoms with Gasteiger partial charge in [-0.3, -0.25) is 4.79 Å². The maximum atomic E-state index is 10.7. The van der Waals surface area contributed by atoms with Crippen LogP contribution in [0.4, 0.5) is 0 Å². The van der Waals surface area contributed by atoms with Crippen LogP contribution in [0.1, 0.15) is 24.8 Å². The summed E-state index contributed by atoms with van der Waals surface area (Å²) in [6.45, 7) is 0.993.